The van der Waals surface area contributed by atoms with Crippen molar-refractivity contribution in [2.24, 2.45) is 0 Å². The molecule has 0 bridgehead atoms. The van der Waals surface area contributed by atoms with E-state index in [0.29, 0.717) is 0 Å². The highest BCUT2D eigenvalue weighted by Gasteiger charge is 2.05. The third kappa shape index (κ3) is 3.36. The van der Waals surface area contributed by atoms with Crippen LogP contribution in [0, 0.1) is 0 Å². The Kier molecular flexibility index (Phi) is 4.44. The standard InChI is InChI=1S/C8H8Cl3Si/c9-8-4-2-1-3-7(8)5-6-12(10)11/h1-4H,5-6H2. The summed E-state index contributed by atoms with van der Waals surface area (Å²) in [6.07, 6.45) is 0.876. The highest BCUT2D eigenvalue weighted by molar-refractivity contribution is 7.33. The highest BCUT2D eigenvalue weighted by atomic mass is 35.7. The van der Waals surface area contributed by atoms with Crippen LogP contribution in [0.4, 0.5) is 0 Å². The van der Waals surface area contributed by atoms with Crippen molar-refractivity contribution in [3.05, 3.63) is 34.9 Å². The van der Waals surface area contributed by atoms with Gasteiger partial charge in [0.25, 0.3) is 7.42 Å². The summed E-state index contributed by atoms with van der Waals surface area (Å²) < 4.78 is 0. The van der Waals surface area contributed by atoms with E-state index in [1.165, 1.54) is 0 Å². The Balaban J connectivity index is 2.57. The van der Waals surface area contributed by atoms with Crippen molar-refractivity contribution >= 4 is 41.2 Å². The molecule has 0 fully saturated rings. The number of rotatable bonds is 3. The summed E-state index contributed by atoms with van der Waals surface area (Å²) >= 11 is 17.3. The molecule has 65 valence electrons. The van der Waals surface area contributed by atoms with Crippen molar-refractivity contribution in [2.45, 2.75) is 12.5 Å². The van der Waals surface area contributed by atoms with Gasteiger partial charge in [-0.15, -0.1) is 22.2 Å². The van der Waals surface area contributed by atoms with E-state index in [9.17, 15) is 0 Å². The summed E-state index contributed by atoms with van der Waals surface area (Å²) in [4.78, 5) is 0. The molecule has 12 heavy (non-hydrogen) atoms. The lowest BCUT2D eigenvalue weighted by Gasteiger charge is -2.02. The topological polar surface area (TPSA) is 0 Å². The summed E-state index contributed by atoms with van der Waals surface area (Å²) in [5.74, 6) is 0. The molecular formula is C8H8Cl3Si. The van der Waals surface area contributed by atoms with Crippen LogP contribution < -0.4 is 0 Å². The average Bonchev–Trinajstić information content (AvgIpc) is 2.03. The molecule has 0 aromatic heterocycles. The number of hydrogen-bond acceptors (Lipinski definition) is 0. The van der Waals surface area contributed by atoms with Gasteiger partial charge in [0.1, 0.15) is 0 Å². The van der Waals surface area contributed by atoms with E-state index in [-0.39, 0.29) is 0 Å². The van der Waals surface area contributed by atoms with E-state index in [1.54, 1.807) is 0 Å². The van der Waals surface area contributed by atoms with Crippen molar-refractivity contribution < 1.29 is 0 Å². The Morgan fingerprint density at radius 3 is 2.42 bits per heavy atom. The average molecular weight is 239 g/mol. The first-order chi connectivity index (χ1) is 5.70. The van der Waals surface area contributed by atoms with Gasteiger partial charge >= 0.3 is 0 Å². The van der Waals surface area contributed by atoms with E-state index < -0.39 is 7.42 Å². The second-order valence-corrected chi connectivity index (χ2v) is 7.33. The molecule has 1 rings (SSSR count). The van der Waals surface area contributed by atoms with Crippen LogP contribution in [0.2, 0.25) is 11.1 Å². The molecule has 0 unspecified atom stereocenters. The molecule has 1 radical (unpaired) electrons. The second kappa shape index (κ2) is 5.13. The van der Waals surface area contributed by atoms with E-state index in [1.807, 2.05) is 24.3 Å². The SMILES string of the molecule is Clc1ccccc1CC[Si](Cl)Cl. The summed E-state index contributed by atoms with van der Waals surface area (Å²) in [6.45, 7) is 0. The maximum absolute atomic E-state index is 5.93. The Morgan fingerprint density at radius 2 is 1.83 bits per heavy atom. The zero-order chi connectivity index (χ0) is 8.97. The third-order valence-corrected chi connectivity index (χ3v) is 3.67. The van der Waals surface area contributed by atoms with E-state index in [2.05, 4.69) is 0 Å². The van der Waals surface area contributed by atoms with Crippen molar-refractivity contribution in [1.29, 1.82) is 0 Å². The predicted octanol–water partition coefficient (Wildman–Crippen LogP) is 3.85. The molecule has 0 heterocycles. The molecule has 0 saturated carbocycles. The highest BCUT2D eigenvalue weighted by Crippen LogP contribution is 2.18. The zero-order valence-electron chi connectivity index (χ0n) is 6.36. The maximum atomic E-state index is 5.93. The fourth-order valence-corrected chi connectivity index (χ4v) is 2.19. The smallest absolute Gasteiger partial charge is 0.147 e. The first-order valence-electron chi connectivity index (χ1n) is 3.60. The molecule has 1 aromatic carbocycles. The molecule has 0 aliphatic heterocycles. The molecule has 0 saturated heterocycles. The quantitative estimate of drug-likeness (QED) is 0.554. The minimum absolute atomic E-state index is 0.800. The maximum Gasteiger partial charge on any atom is 0.274 e. The Morgan fingerprint density at radius 1 is 1.17 bits per heavy atom. The predicted molar refractivity (Wildman–Crippen MR) is 57.4 cm³/mol. The van der Waals surface area contributed by atoms with Gasteiger partial charge in [0.05, 0.1) is 0 Å². The van der Waals surface area contributed by atoms with Gasteiger partial charge in [0, 0.05) is 5.02 Å². The van der Waals surface area contributed by atoms with E-state index >= 15 is 0 Å². The number of benzene rings is 1. The van der Waals surface area contributed by atoms with Crippen LogP contribution in [0.15, 0.2) is 24.3 Å². The normalized spacial score (nSPS) is 10.7. The van der Waals surface area contributed by atoms with Gasteiger partial charge in [-0.1, -0.05) is 29.8 Å². The molecule has 4 heteroatoms. The minimum Gasteiger partial charge on any atom is -0.147 e. The van der Waals surface area contributed by atoms with Crippen LogP contribution in [0.5, 0.6) is 0 Å². The fraction of sp³-hybridized carbons (Fsp3) is 0.250. The molecule has 0 aliphatic rings. The van der Waals surface area contributed by atoms with Crippen LogP contribution in [-0.2, 0) is 6.42 Å². The monoisotopic (exact) mass is 237 g/mol. The van der Waals surface area contributed by atoms with Crippen LogP contribution in [0.3, 0.4) is 0 Å². The van der Waals surface area contributed by atoms with E-state index in [0.717, 1.165) is 23.1 Å². The third-order valence-electron chi connectivity index (χ3n) is 1.54. The van der Waals surface area contributed by atoms with Gasteiger partial charge < -0.3 is 0 Å². The van der Waals surface area contributed by atoms with Gasteiger partial charge in [-0.2, -0.15) is 0 Å². The first-order valence-corrected chi connectivity index (χ1v) is 7.71. The first kappa shape index (κ1) is 10.4. The fourth-order valence-electron chi connectivity index (χ4n) is 0.930. The molecule has 0 nitrogen and oxygen atoms in total. The van der Waals surface area contributed by atoms with Gasteiger partial charge in [-0.3, -0.25) is 0 Å². The van der Waals surface area contributed by atoms with Gasteiger partial charge in [0.15, 0.2) is 0 Å². The van der Waals surface area contributed by atoms with Crippen LogP contribution in [0.1, 0.15) is 5.56 Å². The lowest BCUT2D eigenvalue weighted by Crippen LogP contribution is -1.95. The molecular weight excluding hydrogens is 231 g/mol. The van der Waals surface area contributed by atoms with Crippen molar-refractivity contribution in [3.8, 4) is 0 Å². The Hall–Kier alpha value is 0.307. The molecule has 0 spiro atoms. The summed E-state index contributed by atoms with van der Waals surface area (Å²) in [6, 6.07) is 8.61. The van der Waals surface area contributed by atoms with Crippen LogP contribution in [-0.4, -0.2) is 7.42 Å². The number of halogens is 3. The Bertz CT molecular complexity index is 250. The zero-order valence-corrected chi connectivity index (χ0v) is 9.63. The molecule has 0 N–H and O–H groups in total. The van der Waals surface area contributed by atoms with E-state index in [4.69, 9.17) is 33.8 Å². The second-order valence-electron chi connectivity index (χ2n) is 2.43. The summed E-state index contributed by atoms with van der Waals surface area (Å²) in [7, 11) is -1.16. The lowest BCUT2D eigenvalue weighted by molar-refractivity contribution is 1.13. The molecule has 0 aliphatic carbocycles. The molecule has 1 aromatic rings. The van der Waals surface area contributed by atoms with Crippen molar-refractivity contribution in [3.63, 3.8) is 0 Å². The van der Waals surface area contributed by atoms with Crippen molar-refractivity contribution in [2.75, 3.05) is 0 Å². The number of aryl methyl sites for hydroxylation is 1. The minimum atomic E-state index is -1.16. The molecule has 0 atom stereocenters. The largest absolute Gasteiger partial charge is 0.274 e. The number of hydrogen-bond donors (Lipinski definition) is 0. The lowest BCUT2D eigenvalue weighted by atomic mass is 10.2. The summed E-state index contributed by atoms with van der Waals surface area (Å²) in [5.41, 5.74) is 1.13. The van der Waals surface area contributed by atoms with Crippen molar-refractivity contribution in [1.82, 2.24) is 0 Å². The van der Waals surface area contributed by atoms with Crippen LogP contribution in [0.25, 0.3) is 0 Å². The molecule has 0 amide bonds. The Labute approximate surface area is 88.5 Å². The summed E-state index contributed by atoms with van der Waals surface area (Å²) in [5, 5.41) is 0.800. The van der Waals surface area contributed by atoms with Gasteiger partial charge in [-0.25, -0.2) is 0 Å². The van der Waals surface area contributed by atoms with Gasteiger partial charge in [0.2, 0.25) is 0 Å². The van der Waals surface area contributed by atoms with Crippen LogP contribution >= 0.6 is 33.8 Å². The van der Waals surface area contributed by atoms with Gasteiger partial charge in [-0.05, 0) is 24.1 Å².